The van der Waals surface area contributed by atoms with Gasteiger partial charge in [-0.3, -0.25) is 4.90 Å². The van der Waals surface area contributed by atoms with E-state index in [2.05, 4.69) is 36.9 Å². The SMILES string of the molecule is CC(C)Cc1ccc2c(c1)CCN1C[C@H]3CCCN(S(=O)(=O)CCCCl)[C@H]3C[C@@H]21. The lowest BCUT2D eigenvalue weighted by Gasteiger charge is -2.51. The minimum Gasteiger partial charge on any atom is -0.296 e. The molecule has 1 aromatic carbocycles. The van der Waals surface area contributed by atoms with Crippen molar-refractivity contribution in [2.24, 2.45) is 11.8 Å². The van der Waals surface area contributed by atoms with Crippen molar-refractivity contribution in [3.8, 4) is 0 Å². The van der Waals surface area contributed by atoms with Crippen molar-refractivity contribution in [3.63, 3.8) is 0 Å². The first-order chi connectivity index (χ1) is 13.9. The van der Waals surface area contributed by atoms with Crippen LogP contribution in [0.4, 0.5) is 0 Å². The summed E-state index contributed by atoms with van der Waals surface area (Å²) in [4.78, 5) is 2.63. The number of rotatable bonds is 6. The van der Waals surface area contributed by atoms with Crippen molar-refractivity contribution in [1.82, 2.24) is 9.21 Å². The Kier molecular flexibility index (Phi) is 6.60. The molecule has 1 aromatic rings. The van der Waals surface area contributed by atoms with Crippen LogP contribution in [0.15, 0.2) is 18.2 Å². The van der Waals surface area contributed by atoms with Gasteiger partial charge in [0, 0.05) is 37.6 Å². The second-order valence-electron chi connectivity index (χ2n) is 9.57. The quantitative estimate of drug-likeness (QED) is 0.624. The molecule has 0 N–H and O–H groups in total. The highest BCUT2D eigenvalue weighted by Gasteiger charge is 2.45. The second-order valence-corrected chi connectivity index (χ2v) is 12.0. The van der Waals surface area contributed by atoms with Crippen molar-refractivity contribution in [3.05, 3.63) is 34.9 Å². The highest BCUT2D eigenvalue weighted by Crippen LogP contribution is 2.43. The highest BCUT2D eigenvalue weighted by atomic mass is 35.5. The predicted molar refractivity (Wildman–Crippen MR) is 120 cm³/mol. The van der Waals surface area contributed by atoms with E-state index in [0.717, 1.165) is 45.2 Å². The smallest absolute Gasteiger partial charge is 0.214 e. The molecule has 29 heavy (non-hydrogen) atoms. The molecule has 4 nitrogen and oxygen atoms in total. The Labute approximate surface area is 181 Å². The molecule has 3 aliphatic heterocycles. The minimum absolute atomic E-state index is 0.145. The van der Waals surface area contributed by atoms with Crippen LogP contribution in [0.1, 0.15) is 62.3 Å². The molecule has 0 radical (unpaired) electrons. The summed E-state index contributed by atoms with van der Waals surface area (Å²) in [6.07, 6.45) is 5.84. The molecule has 4 rings (SSSR count). The number of benzene rings is 1. The van der Waals surface area contributed by atoms with Crippen LogP contribution in [-0.2, 0) is 22.9 Å². The van der Waals surface area contributed by atoms with Gasteiger partial charge in [0.05, 0.1) is 5.75 Å². The third-order valence-corrected chi connectivity index (χ3v) is 9.25. The van der Waals surface area contributed by atoms with Gasteiger partial charge in [-0.1, -0.05) is 32.0 Å². The first kappa shape index (κ1) is 21.6. The van der Waals surface area contributed by atoms with Crippen LogP contribution in [0.2, 0.25) is 0 Å². The lowest BCUT2D eigenvalue weighted by molar-refractivity contribution is 0.0220. The zero-order chi connectivity index (χ0) is 20.6. The fourth-order valence-electron chi connectivity index (χ4n) is 5.77. The first-order valence-electron chi connectivity index (χ1n) is 11.3. The van der Waals surface area contributed by atoms with E-state index in [-0.39, 0.29) is 11.8 Å². The van der Waals surface area contributed by atoms with Gasteiger partial charge < -0.3 is 0 Å². The van der Waals surface area contributed by atoms with E-state index < -0.39 is 10.0 Å². The lowest BCUT2D eigenvalue weighted by Crippen LogP contribution is -2.57. The maximum Gasteiger partial charge on any atom is 0.214 e. The van der Waals surface area contributed by atoms with Gasteiger partial charge in [0.1, 0.15) is 0 Å². The average molecular weight is 439 g/mol. The van der Waals surface area contributed by atoms with Gasteiger partial charge in [-0.15, -0.1) is 11.6 Å². The largest absolute Gasteiger partial charge is 0.296 e. The van der Waals surface area contributed by atoms with Crippen LogP contribution in [-0.4, -0.2) is 54.9 Å². The van der Waals surface area contributed by atoms with Gasteiger partial charge in [-0.05, 0) is 67.1 Å². The van der Waals surface area contributed by atoms with Crippen molar-refractivity contribution in [2.45, 2.75) is 64.5 Å². The fourth-order valence-corrected chi connectivity index (χ4v) is 7.88. The monoisotopic (exact) mass is 438 g/mol. The number of fused-ring (bicyclic) bond motifs is 4. The molecule has 0 aliphatic carbocycles. The van der Waals surface area contributed by atoms with Gasteiger partial charge in [-0.2, -0.15) is 4.31 Å². The number of alkyl halides is 1. The Bertz CT molecular complexity index is 826. The molecule has 2 fully saturated rings. The third-order valence-electron chi connectivity index (χ3n) is 7.01. The average Bonchev–Trinajstić information content (AvgIpc) is 2.69. The van der Waals surface area contributed by atoms with Crippen molar-refractivity contribution in [1.29, 1.82) is 0 Å². The first-order valence-corrected chi connectivity index (χ1v) is 13.4. The van der Waals surface area contributed by atoms with Gasteiger partial charge in [0.2, 0.25) is 10.0 Å². The fraction of sp³-hybridized carbons (Fsp3) is 0.739. The molecule has 3 heterocycles. The summed E-state index contributed by atoms with van der Waals surface area (Å²) in [5.74, 6) is 1.72. The van der Waals surface area contributed by atoms with Crippen molar-refractivity contribution < 1.29 is 8.42 Å². The topological polar surface area (TPSA) is 40.6 Å². The van der Waals surface area contributed by atoms with Gasteiger partial charge in [-0.25, -0.2) is 8.42 Å². The van der Waals surface area contributed by atoms with E-state index in [9.17, 15) is 8.42 Å². The number of halogens is 1. The molecule has 6 heteroatoms. The molecule has 162 valence electrons. The van der Waals surface area contributed by atoms with E-state index >= 15 is 0 Å². The van der Waals surface area contributed by atoms with Crippen LogP contribution in [0.5, 0.6) is 0 Å². The number of hydrogen-bond acceptors (Lipinski definition) is 3. The number of sulfonamides is 1. The zero-order valence-electron chi connectivity index (χ0n) is 17.8. The molecule has 3 atom stereocenters. The molecular formula is C23H35ClN2O2S. The van der Waals surface area contributed by atoms with E-state index in [1.807, 2.05) is 4.31 Å². The van der Waals surface area contributed by atoms with E-state index in [0.29, 0.717) is 36.7 Å². The molecule has 0 amide bonds. The van der Waals surface area contributed by atoms with E-state index in [1.165, 1.54) is 16.7 Å². The number of nitrogens with zero attached hydrogens (tertiary/aromatic N) is 2. The lowest BCUT2D eigenvalue weighted by atomic mass is 9.77. The van der Waals surface area contributed by atoms with Crippen LogP contribution >= 0.6 is 11.6 Å². The van der Waals surface area contributed by atoms with Crippen molar-refractivity contribution >= 4 is 21.6 Å². The molecular weight excluding hydrogens is 404 g/mol. The summed E-state index contributed by atoms with van der Waals surface area (Å²) in [7, 11) is -3.22. The maximum absolute atomic E-state index is 13.0. The highest BCUT2D eigenvalue weighted by molar-refractivity contribution is 7.89. The van der Waals surface area contributed by atoms with Crippen LogP contribution < -0.4 is 0 Å². The summed E-state index contributed by atoms with van der Waals surface area (Å²) >= 11 is 5.79. The Balaban J connectivity index is 1.58. The van der Waals surface area contributed by atoms with Crippen LogP contribution in [0.25, 0.3) is 0 Å². The van der Waals surface area contributed by atoms with Gasteiger partial charge in [0.25, 0.3) is 0 Å². The van der Waals surface area contributed by atoms with Gasteiger partial charge in [0.15, 0.2) is 0 Å². The normalized spacial score (nSPS) is 28.1. The number of piperidine rings is 2. The molecule has 0 saturated carbocycles. The maximum atomic E-state index is 13.0. The summed E-state index contributed by atoms with van der Waals surface area (Å²) in [6, 6.07) is 7.54. The molecule has 0 aromatic heterocycles. The van der Waals surface area contributed by atoms with Gasteiger partial charge >= 0.3 is 0 Å². The Morgan fingerprint density at radius 1 is 1.24 bits per heavy atom. The van der Waals surface area contributed by atoms with E-state index in [1.54, 1.807) is 0 Å². The standard InChI is InChI=1S/C23H35ClN2O2S/c1-17(2)13-18-6-7-21-19(14-18)8-11-25-16-20-5-3-10-26(22(20)15-23(21)25)29(27,28)12-4-9-24/h6-7,14,17,20,22-23H,3-5,8-13,15-16H2,1-2H3/t20-,22+,23+/m1/s1. The summed E-state index contributed by atoms with van der Waals surface area (Å²) < 4.78 is 27.9. The third kappa shape index (κ3) is 4.53. The molecule has 3 aliphatic rings. The molecule has 0 spiro atoms. The molecule has 0 bridgehead atoms. The molecule has 0 unspecified atom stereocenters. The van der Waals surface area contributed by atoms with Crippen LogP contribution in [0, 0.1) is 11.8 Å². The number of hydrogen-bond donors (Lipinski definition) is 0. The second kappa shape index (κ2) is 8.86. The zero-order valence-corrected chi connectivity index (χ0v) is 19.4. The van der Waals surface area contributed by atoms with E-state index in [4.69, 9.17) is 11.6 Å². The Hall–Kier alpha value is -0.620. The summed E-state index contributed by atoms with van der Waals surface area (Å²) in [5.41, 5.74) is 4.35. The molecule has 2 saturated heterocycles. The predicted octanol–water partition coefficient (Wildman–Crippen LogP) is 4.23. The summed E-state index contributed by atoms with van der Waals surface area (Å²) in [5, 5.41) is 0. The minimum atomic E-state index is -3.22. The summed E-state index contributed by atoms with van der Waals surface area (Å²) in [6.45, 7) is 7.35. The Morgan fingerprint density at radius 2 is 2.07 bits per heavy atom. The Morgan fingerprint density at radius 3 is 2.83 bits per heavy atom. The van der Waals surface area contributed by atoms with Crippen molar-refractivity contribution in [2.75, 3.05) is 31.3 Å². The van der Waals surface area contributed by atoms with Crippen LogP contribution in [0.3, 0.4) is 0 Å².